The first kappa shape index (κ1) is 18.9. The summed E-state index contributed by atoms with van der Waals surface area (Å²) in [6.45, 7) is 1.70. The van der Waals surface area contributed by atoms with E-state index in [1.54, 1.807) is 6.92 Å². The summed E-state index contributed by atoms with van der Waals surface area (Å²) in [6.07, 6.45) is -5.18. The van der Waals surface area contributed by atoms with E-state index in [1.165, 1.54) is 32.4 Å². The zero-order valence-corrected chi connectivity index (χ0v) is 14.5. The molecule has 2 rings (SSSR count). The zero-order valence-electron chi connectivity index (χ0n) is 13.7. The van der Waals surface area contributed by atoms with E-state index in [-0.39, 0.29) is 11.5 Å². The van der Waals surface area contributed by atoms with E-state index >= 15 is 0 Å². The van der Waals surface area contributed by atoms with Crippen molar-refractivity contribution in [1.29, 1.82) is 0 Å². The van der Waals surface area contributed by atoms with E-state index in [2.05, 4.69) is 0 Å². The van der Waals surface area contributed by atoms with Crippen LogP contribution in [0.15, 0.2) is 47.4 Å². The molecule has 2 aromatic rings. The average Bonchev–Trinajstić information content (AvgIpc) is 2.53. The van der Waals surface area contributed by atoms with Gasteiger partial charge in [-0.25, -0.2) is 8.42 Å². The standard InChI is InChI=1S/C16H16F3NO4S/c1-11-4-6-15(7-5-11)25(21,22)20(16(17,18)19)12-8-13(23-2)10-14(9-12)24-3/h4-10H,1-3H3. The Morgan fingerprint density at radius 1 is 0.920 bits per heavy atom. The third kappa shape index (κ3) is 3.98. The van der Waals surface area contributed by atoms with Crippen molar-refractivity contribution in [2.75, 3.05) is 18.5 Å². The SMILES string of the molecule is COc1cc(OC)cc(N(C(F)(F)F)S(=O)(=O)c2ccc(C)cc2)c1. The molecule has 0 aromatic heterocycles. The minimum absolute atomic E-state index is 0.0303. The van der Waals surface area contributed by atoms with Crippen LogP contribution in [0.2, 0.25) is 0 Å². The Labute approximate surface area is 143 Å². The van der Waals surface area contributed by atoms with Crippen LogP contribution >= 0.6 is 0 Å². The summed E-state index contributed by atoms with van der Waals surface area (Å²) < 4.78 is 75.3. The Bertz CT molecular complexity index is 826. The summed E-state index contributed by atoms with van der Waals surface area (Å²) >= 11 is 0. The predicted molar refractivity (Wildman–Crippen MR) is 86.4 cm³/mol. The predicted octanol–water partition coefficient (Wildman–Crippen LogP) is 3.73. The fraction of sp³-hybridized carbons (Fsp3) is 0.250. The van der Waals surface area contributed by atoms with Crippen molar-refractivity contribution in [3.05, 3.63) is 48.0 Å². The molecule has 136 valence electrons. The van der Waals surface area contributed by atoms with Crippen LogP contribution in [-0.4, -0.2) is 28.9 Å². The Balaban J connectivity index is 2.67. The number of methoxy groups -OCH3 is 2. The second-order valence-electron chi connectivity index (χ2n) is 5.12. The van der Waals surface area contributed by atoms with Crippen LogP contribution in [0, 0.1) is 6.92 Å². The van der Waals surface area contributed by atoms with Gasteiger partial charge in [0.2, 0.25) is 0 Å². The fourth-order valence-corrected chi connectivity index (χ4v) is 3.49. The molecule has 25 heavy (non-hydrogen) atoms. The molecule has 0 saturated heterocycles. The van der Waals surface area contributed by atoms with Gasteiger partial charge in [-0.1, -0.05) is 17.7 Å². The van der Waals surface area contributed by atoms with Gasteiger partial charge >= 0.3 is 6.30 Å². The topological polar surface area (TPSA) is 55.8 Å². The normalized spacial score (nSPS) is 11.9. The Morgan fingerprint density at radius 2 is 1.40 bits per heavy atom. The van der Waals surface area contributed by atoms with Gasteiger partial charge in [-0.2, -0.15) is 4.31 Å². The second kappa shape index (κ2) is 6.83. The summed E-state index contributed by atoms with van der Waals surface area (Å²) in [6, 6.07) is 8.39. The van der Waals surface area contributed by atoms with Gasteiger partial charge in [-0.3, -0.25) is 0 Å². The molecular formula is C16H16F3NO4S. The minimum Gasteiger partial charge on any atom is -0.497 e. The second-order valence-corrected chi connectivity index (χ2v) is 6.91. The summed E-state index contributed by atoms with van der Waals surface area (Å²) in [5.74, 6) is 0.0606. The van der Waals surface area contributed by atoms with Gasteiger partial charge in [-0.05, 0) is 19.1 Å². The summed E-state index contributed by atoms with van der Waals surface area (Å²) in [7, 11) is -2.37. The molecule has 0 unspecified atom stereocenters. The van der Waals surface area contributed by atoms with Crippen molar-refractivity contribution in [2.24, 2.45) is 0 Å². The van der Waals surface area contributed by atoms with Gasteiger partial charge in [0.15, 0.2) is 0 Å². The first-order chi connectivity index (χ1) is 11.6. The zero-order chi connectivity index (χ0) is 18.8. The molecule has 0 heterocycles. The molecule has 0 aliphatic heterocycles. The van der Waals surface area contributed by atoms with E-state index in [0.29, 0.717) is 0 Å². The highest BCUT2D eigenvalue weighted by atomic mass is 32.2. The molecule has 2 aromatic carbocycles. The highest BCUT2D eigenvalue weighted by Crippen LogP contribution is 2.38. The molecule has 5 nitrogen and oxygen atoms in total. The lowest BCUT2D eigenvalue weighted by Gasteiger charge is -2.27. The molecule has 0 radical (unpaired) electrons. The Morgan fingerprint density at radius 3 is 1.80 bits per heavy atom. The molecule has 9 heteroatoms. The number of hydrogen-bond donors (Lipinski definition) is 0. The molecular weight excluding hydrogens is 359 g/mol. The number of aryl methyl sites for hydroxylation is 1. The quantitative estimate of drug-likeness (QED) is 0.748. The number of halogens is 3. The molecule has 0 atom stereocenters. The van der Waals surface area contributed by atoms with Crippen LogP contribution in [0.25, 0.3) is 0 Å². The third-order valence-corrected chi connectivity index (χ3v) is 5.13. The van der Waals surface area contributed by atoms with Crippen molar-refractivity contribution >= 4 is 15.7 Å². The van der Waals surface area contributed by atoms with Gasteiger partial charge in [0.1, 0.15) is 11.5 Å². The Hall–Kier alpha value is -2.42. The number of alkyl halides is 3. The van der Waals surface area contributed by atoms with Gasteiger partial charge in [0.25, 0.3) is 10.0 Å². The average molecular weight is 375 g/mol. The van der Waals surface area contributed by atoms with Crippen molar-refractivity contribution in [1.82, 2.24) is 0 Å². The van der Waals surface area contributed by atoms with Crippen LogP contribution < -0.4 is 13.8 Å². The first-order valence-corrected chi connectivity index (χ1v) is 8.45. The smallest absolute Gasteiger partial charge is 0.497 e. The fourth-order valence-electron chi connectivity index (χ4n) is 2.15. The van der Waals surface area contributed by atoms with E-state index in [0.717, 1.165) is 29.8 Å². The maximum atomic E-state index is 13.6. The van der Waals surface area contributed by atoms with Crippen LogP contribution in [0.4, 0.5) is 18.9 Å². The lowest BCUT2D eigenvalue weighted by atomic mass is 10.2. The van der Waals surface area contributed by atoms with Gasteiger partial charge in [0, 0.05) is 18.2 Å². The van der Waals surface area contributed by atoms with Crippen LogP contribution in [0.5, 0.6) is 11.5 Å². The number of anilines is 1. The number of benzene rings is 2. The van der Waals surface area contributed by atoms with E-state index in [4.69, 9.17) is 9.47 Å². The molecule has 0 fully saturated rings. The molecule has 0 N–H and O–H groups in total. The number of rotatable bonds is 5. The van der Waals surface area contributed by atoms with Gasteiger partial charge in [0.05, 0.1) is 24.8 Å². The van der Waals surface area contributed by atoms with E-state index in [1.807, 2.05) is 0 Å². The van der Waals surface area contributed by atoms with Gasteiger partial charge in [-0.15, -0.1) is 13.2 Å². The largest absolute Gasteiger partial charge is 0.498 e. The molecule has 0 bridgehead atoms. The van der Waals surface area contributed by atoms with E-state index in [9.17, 15) is 21.6 Å². The molecule has 0 aliphatic rings. The lowest BCUT2D eigenvalue weighted by molar-refractivity contribution is -0.115. The van der Waals surface area contributed by atoms with Gasteiger partial charge < -0.3 is 9.47 Å². The highest BCUT2D eigenvalue weighted by Gasteiger charge is 2.47. The molecule has 0 aliphatic carbocycles. The van der Waals surface area contributed by atoms with Crippen LogP contribution in [0.3, 0.4) is 0 Å². The highest BCUT2D eigenvalue weighted by molar-refractivity contribution is 7.92. The number of hydrogen-bond acceptors (Lipinski definition) is 4. The molecule has 0 saturated carbocycles. The van der Waals surface area contributed by atoms with Crippen molar-refractivity contribution in [3.63, 3.8) is 0 Å². The molecule has 0 spiro atoms. The van der Waals surface area contributed by atoms with Crippen molar-refractivity contribution in [2.45, 2.75) is 18.1 Å². The Kier molecular flexibility index (Phi) is 5.17. The summed E-state index contributed by atoms with van der Waals surface area (Å²) in [5, 5.41) is 0. The number of nitrogens with zero attached hydrogens (tertiary/aromatic N) is 1. The van der Waals surface area contributed by atoms with Crippen molar-refractivity contribution in [3.8, 4) is 11.5 Å². The first-order valence-electron chi connectivity index (χ1n) is 7.01. The number of ether oxygens (including phenoxy) is 2. The summed E-state index contributed by atoms with van der Waals surface area (Å²) in [5.41, 5.74) is 0.0878. The van der Waals surface area contributed by atoms with Crippen LogP contribution in [-0.2, 0) is 10.0 Å². The molecule has 0 amide bonds. The lowest BCUT2D eigenvalue weighted by Crippen LogP contribution is -2.43. The minimum atomic E-state index is -5.18. The number of sulfonamides is 1. The van der Waals surface area contributed by atoms with Crippen LogP contribution in [0.1, 0.15) is 5.56 Å². The maximum Gasteiger partial charge on any atom is 0.498 e. The maximum absolute atomic E-state index is 13.6. The van der Waals surface area contributed by atoms with E-state index < -0.39 is 31.2 Å². The third-order valence-electron chi connectivity index (χ3n) is 3.36. The monoisotopic (exact) mass is 375 g/mol. The van der Waals surface area contributed by atoms with Crippen molar-refractivity contribution < 1.29 is 31.1 Å². The summed E-state index contributed by atoms with van der Waals surface area (Å²) in [4.78, 5) is -0.475.